The van der Waals surface area contributed by atoms with Gasteiger partial charge < -0.3 is 55.3 Å². The SMILES string of the molecule is CCCCCCCCO[C@H]1O[C@H](CO[C@H]2O[C@H](CN)[C@@H](O)[C@H](O)[C@@H]2O)[C@@H](O)[C@H](O)[C@@H]1O. The summed E-state index contributed by atoms with van der Waals surface area (Å²) in [6, 6.07) is 0. The maximum atomic E-state index is 10.2. The fraction of sp³-hybridized carbons (Fsp3) is 1.00. The van der Waals surface area contributed by atoms with Crippen molar-refractivity contribution in [1.29, 1.82) is 0 Å². The summed E-state index contributed by atoms with van der Waals surface area (Å²) in [5, 5.41) is 60.3. The second kappa shape index (κ2) is 13.3. The highest BCUT2D eigenvalue weighted by Crippen LogP contribution is 2.26. The van der Waals surface area contributed by atoms with Crippen LogP contribution in [-0.4, -0.2) is 112 Å². The molecule has 2 rings (SSSR count). The Bertz CT molecular complexity index is 499. The van der Waals surface area contributed by atoms with Crippen molar-refractivity contribution >= 4 is 0 Å². The normalized spacial score (nSPS) is 41.4. The zero-order valence-corrected chi connectivity index (χ0v) is 18.0. The summed E-state index contributed by atoms with van der Waals surface area (Å²) in [7, 11) is 0. The molecule has 31 heavy (non-hydrogen) atoms. The monoisotopic (exact) mass is 453 g/mol. The van der Waals surface area contributed by atoms with E-state index in [2.05, 4.69) is 6.92 Å². The molecule has 0 spiro atoms. The van der Waals surface area contributed by atoms with Crippen molar-refractivity contribution in [1.82, 2.24) is 0 Å². The van der Waals surface area contributed by atoms with Crippen molar-refractivity contribution < 1.29 is 49.6 Å². The molecule has 0 aromatic carbocycles. The number of ether oxygens (including phenoxy) is 4. The number of hydrogen-bond donors (Lipinski definition) is 7. The maximum absolute atomic E-state index is 10.2. The average molecular weight is 454 g/mol. The summed E-state index contributed by atoms with van der Waals surface area (Å²) in [5.41, 5.74) is 5.49. The van der Waals surface area contributed by atoms with E-state index in [0.29, 0.717) is 6.61 Å². The van der Waals surface area contributed by atoms with Crippen LogP contribution in [0.4, 0.5) is 0 Å². The van der Waals surface area contributed by atoms with E-state index >= 15 is 0 Å². The van der Waals surface area contributed by atoms with Gasteiger partial charge in [0, 0.05) is 13.2 Å². The third kappa shape index (κ3) is 7.27. The van der Waals surface area contributed by atoms with Gasteiger partial charge in [-0.3, -0.25) is 0 Å². The summed E-state index contributed by atoms with van der Waals surface area (Å²) in [6.07, 6.45) is -6.98. The second-order valence-corrected chi connectivity index (χ2v) is 8.24. The lowest BCUT2D eigenvalue weighted by Gasteiger charge is -2.42. The van der Waals surface area contributed by atoms with Gasteiger partial charge in [-0.15, -0.1) is 0 Å². The first-order valence-electron chi connectivity index (χ1n) is 11.1. The molecule has 10 atom stereocenters. The number of unbranched alkanes of at least 4 members (excludes halogenated alkanes) is 5. The van der Waals surface area contributed by atoms with E-state index in [-0.39, 0.29) is 13.2 Å². The quantitative estimate of drug-likeness (QED) is 0.161. The van der Waals surface area contributed by atoms with E-state index in [1.54, 1.807) is 0 Å². The average Bonchev–Trinajstić information content (AvgIpc) is 2.77. The lowest BCUT2D eigenvalue weighted by Crippen LogP contribution is -2.62. The highest BCUT2D eigenvalue weighted by atomic mass is 16.7. The van der Waals surface area contributed by atoms with Gasteiger partial charge in [-0.2, -0.15) is 0 Å². The minimum atomic E-state index is -1.55. The highest BCUT2D eigenvalue weighted by molar-refractivity contribution is 4.91. The molecule has 0 amide bonds. The summed E-state index contributed by atoms with van der Waals surface area (Å²) in [4.78, 5) is 0. The predicted octanol–water partition coefficient (Wildman–Crippen LogP) is -2.05. The van der Waals surface area contributed by atoms with Crippen molar-refractivity contribution in [3.63, 3.8) is 0 Å². The molecule has 0 saturated carbocycles. The summed E-state index contributed by atoms with van der Waals surface area (Å²) >= 11 is 0. The van der Waals surface area contributed by atoms with Crippen LogP contribution in [-0.2, 0) is 18.9 Å². The Morgan fingerprint density at radius 2 is 1.16 bits per heavy atom. The molecule has 8 N–H and O–H groups in total. The van der Waals surface area contributed by atoms with Crippen molar-refractivity contribution in [2.45, 2.75) is 107 Å². The zero-order chi connectivity index (χ0) is 23.0. The Morgan fingerprint density at radius 1 is 0.645 bits per heavy atom. The van der Waals surface area contributed by atoms with Gasteiger partial charge in [0.1, 0.15) is 48.8 Å². The van der Waals surface area contributed by atoms with Crippen LogP contribution in [0.5, 0.6) is 0 Å². The van der Waals surface area contributed by atoms with Gasteiger partial charge in [0.25, 0.3) is 0 Å². The van der Waals surface area contributed by atoms with Crippen LogP contribution >= 0.6 is 0 Å². The molecule has 0 aromatic heterocycles. The molecule has 0 bridgehead atoms. The smallest absolute Gasteiger partial charge is 0.186 e. The van der Waals surface area contributed by atoms with Crippen LogP contribution in [0.2, 0.25) is 0 Å². The second-order valence-electron chi connectivity index (χ2n) is 8.24. The van der Waals surface area contributed by atoms with Crippen LogP contribution in [0.3, 0.4) is 0 Å². The summed E-state index contributed by atoms with van der Waals surface area (Å²) in [5.74, 6) is 0. The van der Waals surface area contributed by atoms with Crippen LogP contribution in [0.25, 0.3) is 0 Å². The number of aliphatic hydroxyl groups is 6. The first kappa shape index (κ1) is 26.8. The van der Waals surface area contributed by atoms with E-state index in [9.17, 15) is 30.6 Å². The van der Waals surface area contributed by atoms with Gasteiger partial charge in [-0.25, -0.2) is 0 Å². The molecule has 2 fully saturated rings. The van der Waals surface area contributed by atoms with Gasteiger partial charge in [0.05, 0.1) is 6.61 Å². The first-order valence-corrected chi connectivity index (χ1v) is 11.1. The van der Waals surface area contributed by atoms with Gasteiger partial charge in [0.15, 0.2) is 12.6 Å². The van der Waals surface area contributed by atoms with E-state index in [1.807, 2.05) is 0 Å². The van der Waals surface area contributed by atoms with E-state index < -0.39 is 61.4 Å². The topological polar surface area (TPSA) is 184 Å². The van der Waals surface area contributed by atoms with Gasteiger partial charge in [-0.1, -0.05) is 39.0 Å². The Balaban J connectivity index is 1.83. The fourth-order valence-electron chi connectivity index (χ4n) is 3.71. The lowest BCUT2D eigenvalue weighted by molar-refractivity contribution is -0.328. The lowest BCUT2D eigenvalue weighted by atomic mass is 9.98. The molecule has 11 heteroatoms. The number of aliphatic hydroxyl groups excluding tert-OH is 6. The molecule has 2 saturated heterocycles. The summed E-state index contributed by atoms with van der Waals surface area (Å²) in [6.45, 7) is 2.04. The molecule has 0 unspecified atom stereocenters. The molecular formula is C20H39NO10. The largest absolute Gasteiger partial charge is 0.388 e. The Hall–Kier alpha value is -0.440. The Morgan fingerprint density at radius 3 is 1.77 bits per heavy atom. The van der Waals surface area contributed by atoms with E-state index in [0.717, 1.165) is 32.1 Å². The zero-order valence-electron chi connectivity index (χ0n) is 18.0. The van der Waals surface area contributed by atoms with Crippen molar-refractivity contribution in [3.05, 3.63) is 0 Å². The predicted molar refractivity (Wildman–Crippen MR) is 108 cm³/mol. The summed E-state index contributed by atoms with van der Waals surface area (Å²) < 4.78 is 21.9. The van der Waals surface area contributed by atoms with Crippen LogP contribution in [0.15, 0.2) is 0 Å². The van der Waals surface area contributed by atoms with Crippen molar-refractivity contribution in [2.24, 2.45) is 5.73 Å². The number of hydrogen-bond acceptors (Lipinski definition) is 11. The minimum Gasteiger partial charge on any atom is -0.388 e. The van der Waals surface area contributed by atoms with Gasteiger partial charge >= 0.3 is 0 Å². The molecule has 184 valence electrons. The third-order valence-electron chi connectivity index (χ3n) is 5.77. The van der Waals surface area contributed by atoms with Crippen molar-refractivity contribution in [2.75, 3.05) is 19.8 Å². The molecule has 2 heterocycles. The van der Waals surface area contributed by atoms with E-state index in [4.69, 9.17) is 24.7 Å². The Kier molecular flexibility index (Phi) is 11.5. The van der Waals surface area contributed by atoms with Gasteiger partial charge in [0.2, 0.25) is 0 Å². The minimum absolute atomic E-state index is 0.105. The highest BCUT2D eigenvalue weighted by Gasteiger charge is 2.47. The maximum Gasteiger partial charge on any atom is 0.186 e. The Labute approximate surface area is 182 Å². The molecule has 11 nitrogen and oxygen atoms in total. The number of rotatable bonds is 12. The molecule has 0 aromatic rings. The van der Waals surface area contributed by atoms with E-state index in [1.165, 1.54) is 6.42 Å². The number of nitrogens with two attached hydrogens (primary N) is 1. The molecule has 2 aliphatic heterocycles. The van der Waals surface area contributed by atoms with Crippen LogP contribution in [0.1, 0.15) is 45.4 Å². The van der Waals surface area contributed by atoms with Crippen LogP contribution < -0.4 is 5.73 Å². The fourth-order valence-corrected chi connectivity index (χ4v) is 3.71. The van der Waals surface area contributed by atoms with Crippen LogP contribution in [0, 0.1) is 0 Å². The molecule has 0 radical (unpaired) electrons. The molecule has 0 aliphatic carbocycles. The van der Waals surface area contributed by atoms with Gasteiger partial charge in [-0.05, 0) is 6.42 Å². The molecule has 2 aliphatic rings. The third-order valence-corrected chi connectivity index (χ3v) is 5.77. The van der Waals surface area contributed by atoms with Crippen molar-refractivity contribution in [3.8, 4) is 0 Å². The molecular weight excluding hydrogens is 414 g/mol. The first-order chi connectivity index (χ1) is 14.8. The standard InChI is InChI=1S/C20H39NO10/c1-2-3-4-5-6-7-8-28-19-17(26)16(25)14(23)12(31-19)10-29-20-18(27)15(24)13(22)11(9-21)30-20/h11-20,22-27H,2-10,21H2,1H3/t11-,12-,13-,14-,15+,16+,17+,18+,19+,20+/m1/s1.